The maximum atomic E-state index is 13.6. The molecule has 1 aromatic rings. The molecule has 3 fully saturated rings. The van der Waals surface area contributed by atoms with Gasteiger partial charge < -0.3 is 15.4 Å². The second kappa shape index (κ2) is 9.21. The second-order valence-corrected chi connectivity index (χ2v) is 8.87. The molecule has 0 aromatic heterocycles. The van der Waals surface area contributed by atoms with Gasteiger partial charge in [-0.3, -0.25) is 29.0 Å². The number of carbonyl (C=O) groups is 5. The Hall–Kier alpha value is -3.43. The number of nitrogens with one attached hydrogen (secondary N) is 2. The van der Waals surface area contributed by atoms with E-state index in [4.69, 9.17) is 4.74 Å². The van der Waals surface area contributed by atoms with Crippen molar-refractivity contribution in [2.75, 3.05) is 6.54 Å². The maximum absolute atomic E-state index is 13.6. The quantitative estimate of drug-likeness (QED) is 0.631. The third kappa shape index (κ3) is 4.55. The van der Waals surface area contributed by atoms with Gasteiger partial charge in [0.25, 0.3) is 11.8 Å². The van der Waals surface area contributed by atoms with Crippen molar-refractivity contribution in [1.82, 2.24) is 20.7 Å². The molecule has 2 N–H and O–H groups in total. The molecular formula is C23H28N4O6. The van der Waals surface area contributed by atoms with Gasteiger partial charge in [0.05, 0.1) is 12.5 Å². The standard InChI is InChI=1S/C23H28N4O6/c1-13-11-18(28)26-10-6-9-17(22(31)24-16-12-19(29)33-14(16)2)27(26)23(32)20(13)25-21(30)15-7-4-3-5-8-15/h3-5,7-8,13-14,16-17,20H,6,9-12H2,1-2H3,(H,24,31)(H,25,30)/t13-,14?,16-,17-,20-/m0/s1. The van der Waals surface area contributed by atoms with E-state index in [2.05, 4.69) is 10.6 Å². The molecule has 0 radical (unpaired) electrons. The van der Waals surface area contributed by atoms with Crippen LogP contribution in [0.25, 0.3) is 0 Å². The van der Waals surface area contributed by atoms with Crippen molar-refractivity contribution in [3.05, 3.63) is 35.9 Å². The Balaban J connectivity index is 1.57. The molecule has 5 atom stereocenters. The molecule has 0 bridgehead atoms. The highest BCUT2D eigenvalue weighted by molar-refractivity contribution is 6.00. The molecule has 0 spiro atoms. The molecule has 0 aliphatic carbocycles. The molecule has 3 aliphatic heterocycles. The predicted octanol–water partition coefficient (Wildman–Crippen LogP) is 0.380. The predicted molar refractivity (Wildman–Crippen MR) is 115 cm³/mol. The number of cyclic esters (lactones) is 1. The zero-order valence-electron chi connectivity index (χ0n) is 18.7. The van der Waals surface area contributed by atoms with E-state index in [1.807, 2.05) is 0 Å². The molecule has 33 heavy (non-hydrogen) atoms. The number of hydrazine groups is 1. The van der Waals surface area contributed by atoms with Crippen molar-refractivity contribution >= 4 is 29.6 Å². The molecule has 3 aliphatic rings. The third-order valence-corrected chi connectivity index (χ3v) is 6.47. The minimum Gasteiger partial charge on any atom is -0.460 e. The van der Waals surface area contributed by atoms with Crippen LogP contribution in [-0.4, -0.2) is 70.4 Å². The summed E-state index contributed by atoms with van der Waals surface area (Å²) in [7, 11) is 0. The van der Waals surface area contributed by atoms with Gasteiger partial charge in [0.15, 0.2) is 0 Å². The van der Waals surface area contributed by atoms with E-state index in [1.165, 1.54) is 10.0 Å². The zero-order valence-corrected chi connectivity index (χ0v) is 18.7. The van der Waals surface area contributed by atoms with Crippen molar-refractivity contribution in [2.45, 2.75) is 63.8 Å². The van der Waals surface area contributed by atoms with Crippen LogP contribution in [0.4, 0.5) is 0 Å². The Labute approximate surface area is 191 Å². The summed E-state index contributed by atoms with van der Waals surface area (Å²) in [5.41, 5.74) is 0.401. The summed E-state index contributed by atoms with van der Waals surface area (Å²) in [5.74, 6) is -2.47. The van der Waals surface area contributed by atoms with Gasteiger partial charge in [-0.1, -0.05) is 25.1 Å². The van der Waals surface area contributed by atoms with E-state index in [1.54, 1.807) is 44.2 Å². The first-order valence-corrected chi connectivity index (χ1v) is 11.3. The van der Waals surface area contributed by atoms with Crippen LogP contribution in [-0.2, 0) is 23.9 Å². The van der Waals surface area contributed by atoms with Crippen LogP contribution >= 0.6 is 0 Å². The lowest BCUT2D eigenvalue weighted by atomic mass is 9.96. The molecule has 3 heterocycles. The van der Waals surface area contributed by atoms with E-state index in [0.717, 1.165) is 0 Å². The molecule has 1 unspecified atom stereocenters. The first-order valence-electron chi connectivity index (χ1n) is 11.3. The summed E-state index contributed by atoms with van der Waals surface area (Å²) >= 11 is 0. The van der Waals surface area contributed by atoms with Crippen LogP contribution in [0.3, 0.4) is 0 Å². The first kappa shape index (κ1) is 22.8. The number of hydrogen-bond donors (Lipinski definition) is 2. The fraction of sp³-hybridized carbons (Fsp3) is 0.522. The molecule has 10 nitrogen and oxygen atoms in total. The second-order valence-electron chi connectivity index (χ2n) is 8.87. The fourth-order valence-electron chi connectivity index (χ4n) is 4.63. The van der Waals surface area contributed by atoms with Crippen molar-refractivity contribution in [2.24, 2.45) is 5.92 Å². The van der Waals surface area contributed by atoms with E-state index < -0.39 is 53.8 Å². The molecular weight excluding hydrogens is 428 g/mol. The summed E-state index contributed by atoms with van der Waals surface area (Å²) in [6.45, 7) is 3.76. The Kier molecular flexibility index (Phi) is 6.35. The zero-order chi connectivity index (χ0) is 23.7. The van der Waals surface area contributed by atoms with Crippen LogP contribution in [0.15, 0.2) is 30.3 Å². The SMILES string of the molecule is CC1OC(=O)C[C@@H]1NC(=O)[C@@H]1CCCN2C(=O)C[C@H](C)[C@H](NC(=O)c3ccccc3)C(=O)N12. The maximum Gasteiger partial charge on any atom is 0.308 e. The van der Waals surface area contributed by atoms with Gasteiger partial charge in [0.1, 0.15) is 18.2 Å². The summed E-state index contributed by atoms with van der Waals surface area (Å²) in [5, 5.41) is 8.12. The number of esters is 1. The summed E-state index contributed by atoms with van der Waals surface area (Å²) in [6.07, 6.45) is 0.575. The molecule has 3 saturated heterocycles. The van der Waals surface area contributed by atoms with Gasteiger partial charge in [0.2, 0.25) is 11.8 Å². The molecule has 4 rings (SSSR count). The Morgan fingerprint density at radius 3 is 2.42 bits per heavy atom. The van der Waals surface area contributed by atoms with Crippen LogP contribution in [0, 0.1) is 5.92 Å². The topological polar surface area (TPSA) is 125 Å². The lowest BCUT2D eigenvalue weighted by molar-refractivity contribution is -0.176. The lowest BCUT2D eigenvalue weighted by Gasteiger charge is -2.43. The number of ether oxygens (including phenoxy) is 1. The Bertz CT molecular complexity index is 967. The summed E-state index contributed by atoms with van der Waals surface area (Å²) in [6, 6.07) is 6.14. The highest BCUT2D eigenvalue weighted by atomic mass is 16.6. The number of nitrogens with zero attached hydrogens (tertiary/aromatic N) is 2. The number of hydrogen-bond acceptors (Lipinski definition) is 6. The number of benzene rings is 1. The Morgan fingerprint density at radius 2 is 1.76 bits per heavy atom. The van der Waals surface area contributed by atoms with E-state index in [9.17, 15) is 24.0 Å². The first-order chi connectivity index (χ1) is 15.8. The lowest BCUT2D eigenvalue weighted by Crippen LogP contribution is -2.64. The smallest absolute Gasteiger partial charge is 0.308 e. The average molecular weight is 456 g/mol. The van der Waals surface area contributed by atoms with Gasteiger partial charge in [-0.2, -0.15) is 0 Å². The van der Waals surface area contributed by atoms with Crippen LogP contribution < -0.4 is 10.6 Å². The average Bonchev–Trinajstić information content (AvgIpc) is 3.08. The normalized spacial score (nSPS) is 29.8. The minimum atomic E-state index is -0.963. The van der Waals surface area contributed by atoms with E-state index in [0.29, 0.717) is 24.9 Å². The van der Waals surface area contributed by atoms with E-state index >= 15 is 0 Å². The van der Waals surface area contributed by atoms with Crippen molar-refractivity contribution in [3.63, 3.8) is 0 Å². The van der Waals surface area contributed by atoms with Crippen LogP contribution in [0.1, 0.15) is 49.9 Å². The van der Waals surface area contributed by atoms with Gasteiger partial charge >= 0.3 is 5.97 Å². The molecule has 1 aromatic carbocycles. The molecule has 0 saturated carbocycles. The monoisotopic (exact) mass is 456 g/mol. The van der Waals surface area contributed by atoms with Crippen molar-refractivity contribution in [3.8, 4) is 0 Å². The van der Waals surface area contributed by atoms with Crippen LogP contribution in [0.5, 0.6) is 0 Å². The fourth-order valence-corrected chi connectivity index (χ4v) is 4.63. The van der Waals surface area contributed by atoms with Crippen LogP contribution in [0.2, 0.25) is 0 Å². The third-order valence-electron chi connectivity index (χ3n) is 6.47. The number of carbonyl (C=O) groups excluding carboxylic acids is 5. The van der Waals surface area contributed by atoms with Crippen molar-refractivity contribution < 1.29 is 28.7 Å². The van der Waals surface area contributed by atoms with Crippen molar-refractivity contribution in [1.29, 1.82) is 0 Å². The molecule has 176 valence electrons. The largest absolute Gasteiger partial charge is 0.460 e. The van der Waals surface area contributed by atoms with Gasteiger partial charge in [-0.15, -0.1) is 0 Å². The van der Waals surface area contributed by atoms with Gasteiger partial charge in [-0.05, 0) is 37.8 Å². The highest BCUT2D eigenvalue weighted by Crippen LogP contribution is 2.28. The summed E-state index contributed by atoms with van der Waals surface area (Å²) < 4.78 is 5.10. The van der Waals surface area contributed by atoms with E-state index in [-0.39, 0.29) is 18.7 Å². The summed E-state index contributed by atoms with van der Waals surface area (Å²) in [4.78, 5) is 64.0. The van der Waals surface area contributed by atoms with Gasteiger partial charge in [-0.25, -0.2) is 5.01 Å². The number of rotatable bonds is 4. The minimum absolute atomic E-state index is 0.0585. The molecule has 10 heteroatoms. The highest BCUT2D eigenvalue weighted by Gasteiger charge is 2.47. The van der Waals surface area contributed by atoms with Gasteiger partial charge in [0, 0.05) is 18.5 Å². The molecule has 4 amide bonds. The Morgan fingerprint density at radius 1 is 1.03 bits per heavy atom. The number of fused-ring (bicyclic) bond motifs is 1. The number of amides is 4.